The zero-order chi connectivity index (χ0) is 9.38. The van der Waals surface area contributed by atoms with Gasteiger partial charge in [0, 0.05) is 12.1 Å². The Kier molecular flexibility index (Phi) is 1.50. The largest absolute Gasteiger partial charge is 0.379 e. The lowest BCUT2D eigenvalue weighted by molar-refractivity contribution is 1.00. The minimum atomic E-state index is 0.870. The van der Waals surface area contributed by atoms with Gasteiger partial charge in [0.25, 0.3) is 0 Å². The van der Waals surface area contributed by atoms with Crippen molar-refractivity contribution in [2.24, 2.45) is 0 Å². The molecule has 1 N–H and O–H groups in total. The van der Waals surface area contributed by atoms with Gasteiger partial charge in [-0.1, -0.05) is 24.3 Å². The van der Waals surface area contributed by atoms with Crippen molar-refractivity contribution in [1.82, 2.24) is 10.2 Å². The molecule has 2 aromatic rings. The summed E-state index contributed by atoms with van der Waals surface area (Å²) in [7, 11) is 0. The molecule has 2 heterocycles. The second kappa shape index (κ2) is 2.80. The molecular formula is C11H9N3. The molecule has 0 amide bonds. The van der Waals surface area contributed by atoms with Crippen LogP contribution in [-0.4, -0.2) is 10.2 Å². The molecule has 3 heteroatoms. The monoisotopic (exact) mass is 183 g/mol. The Morgan fingerprint density at radius 1 is 1.14 bits per heavy atom. The van der Waals surface area contributed by atoms with E-state index in [2.05, 4.69) is 27.6 Å². The first-order chi connectivity index (χ1) is 6.95. The van der Waals surface area contributed by atoms with Gasteiger partial charge in [0.2, 0.25) is 0 Å². The zero-order valence-electron chi connectivity index (χ0n) is 7.57. The van der Waals surface area contributed by atoms with Crippen molar-refractivity contribution in [3.63, 3.8) is 0 Å². The summed E-state index contributed by atoms with van der Waals surface area (Å²) in [6.07, 6.45) is 1.71. The molecule has 0 atom stereocenters. The van der Waals surface area contributed by atoms with E-state index in [1.54, 1.807) is 6.20 Å². The summed E-state index contributed by atoms with van der Waals surface area (Å²) in [6, 6.07) is 10.2. The van der Waals surface area contributed by atoms with Gasteiger partial charge in [0.1, 0.15) is 5.69 Å². The van der Waals surface area contributed by atoms with Crippen LogP contribution in [0.1, 0.15) is 5.56 Å². The number of hydrogen-bond donors (Lipinski definition) is 1. The van der Waals surface area contributed by atoms with Crippen LogP contribution < -0.4 is 5.32 Å². The average molecular weight is 183 g/mol. The van der Waals surface area contributed by atoms with Crippen LogP contribution >= 0.6 is 0 Å². The van der Waals surface area contributed by atoms with Crippen LogP contribution in [-0.2, 0) is 6.54 Å². The van der Waals surface area contributed by atoms with Crippen LogP contribution in [0.3, 0.4) is 0 Å². The summed E-state index contributed by atoms with van der Waals surface area (Å²) in [6.45, 7) is 0.870. The first-order valence-electron chi connectivity index (χ1n) is 4.59. The maximum atomic E-state index is 4.15. The van der Waals surface area contributed by atoms with Gasteiger partial charge in [0.15, 0.2) is 0 Å². The van der Waals surface area contributed by atoms with Gasteiger partial charge in [-0.25, -0.2) is 0 Å². The number of benzene rings is 1. The van der Waals surface area contributed by atoms with Gasteiger partial charge in [-0.2, -0.15) is 5.10 Å². The lowest BCUT2D eigenvalue weighted by atomic mass is 10.00. The highest BCUT2D eigenvalue weighted by Crippen LogP contribution is 2.32. The fourth-order valence-corrected chi connectivity index (χ4v) is 1.77. The maximum absolute atomic E-state index is 4.15. The van der Waals surface area contributed by atoms with E-state index >= 15 is 0 Å². The van der Waals surface area contributed by atoms with Gasteiger partial charge >= 0.3 is 0 Å². The molecule has 1 aromatic heterocycles. The number of nitrogens with zero attached hydrogens (tertiary/aromatic N) is 2. The molecule has 3 nitrogen and oxygen atoms in total. The minimum absolute atomic E-state index is 0.870. The minimum Gasteiger partial charge on any atom is -0.379 e. The molecule has 0 aliphatic carbocycles. The standard InChI is InChI=1S/C11H9N3/c1-2-4-9-8(3-1)7-12-10-5-6-13-14-11(9)10/h1-6,12H,7H2. The number of fused-ring (bicyclic) bond motifs is 3. The Morgan fingerprint density at radius 2 is 2.07 bits per heavy atom. The molecular weight excluding hydrogens is 174 g/mol. The van der Waals surface area contributed by atoms with Crippen LogP contribution in [0.5, 0.6) is 0 Å². The number of rotatable bonds is 0. The highest BCUT2D eigenvalue weighted by Gasteiger charge is 2.15. The Bertz CT molecular complexity index is 434. The number of aromatic nitrogens is 2. The zero-order valence-corrected chi connectivity index (χ0v) is 7.57. The summed E-state index contributed by atoms with van der Waals surface area (Å²) in [5.74, 6) is 0. The molecule has 0 radical (unpaired) electrons. The van der Waals surface area contributed by atoms with Crippen molar-refractivity contribution >= 4 is 5.69 Å². The fraction of sp³-hybridized carbons (Fsp3) is 0.0909. The molecule has 3 rings (SSSR count). The second-order valence-electron chi connectivity index (χ2n) is 3.30. The van der Waals surface area contributed by atoms with E-state index in [0.717, 1.165) is 17.9 Å². The maximum Gasteiger partial charge on any atom is 0.116 e. The van der Waals surface area contributed by atoms with E-state index in [4.69, 9.17) is 0 Å². The first-order valence-corrected chi connectivity index (χ1v) is 4.59. The lowest BCUT2D eigenvalue weighted by Crippen LogP contribution is -2.09. The SMILES string of the molecule is c1ccc2c(c1)CNc1ccnnc1-2. The van der Waals surface area contributed by atoms with Crippen LogP contribution in [0.15, 0.2) is 36.5 Å². The average Bonchev–Trinajstić information content (AvgIpc) is 2.29. The highest BCUT2D eigenvalue weighted by molar-refractivity contribution is 5.78. The Labute approximate surface area is 81.8 Å². The van der Waals surface area contributed by atoms with E-state index in [0.29, 0.717) is 0 Å². The molecule has 0 fully saturated rings. The third-order valence-electron chi connectivity index (χ3n) is 2.46. The summed E-state index contributed by atoms with van der Waals surface area (Å²) in [5.41, 5.74) is 4.49. The molecule has 0 saturated carbocycles. The molecule has 1 aliphatic rings. The van der Waals surface area contributed by atoms with E-state index in [1.807, 2.05) is 18.2 Å². The third kappa shape index (κ3) is 0.988. The van der Waals surface area contributed by atoms with Crippen molar-refractivity contribution in [1.29, 1.82) is 0 Å². The molecule has 0 saturated heterocycles. The predicted molar refractivity (Wildman–Crippen MR) is 54.8 cm³/mol. The van der Waals surface area contributed by atoms with Crippen LogP contribution in [0.2, 0.25) is 0 Å². The van der Waals surface area contributed by atoms with Gasteiger partial charge in [-0.15, -0.1) is 5.10 Å². The Hall–Kier alpha value is -1.90. The summed E-state index contributed by atoms with van der Waals surface area (Å²) in [5, 5.41) is 11.4. The van der Waals surface area contributed by atoms with Gasteiger partial charge in [-0.3, -0.25) is 0 Å². The number of hydrogen-bond acceptors (Lipinski definition) is 3. The molecule has 68 valence electrons. The van der Waals surface area contributed by atoms with Crippen LogP contribution in [0.25, 0.3) is 11.3 Å². The summed E-state index contributed by atoms with van der Waals surface area (Å²) < 4.78 is 0. The van der Waals surface area contributed by atoms with Crippen molar-refractivity contribution in [3.8, 4) is 11.3 Å². The van der Waals surface area contributed by atoms with E-state index < -0.39 is 0 Å². The van der Waals surface area contributed by atoms with Crippen LogP contribution in [0.4, 0.5) is 5.69 Å². The van der Waals surface area contributed by atoms with Crippen LogP contribution in [0, 0.1) is 0 Å². The second-order valence-corrected chi connectivity index (χ2v) is 3.30. The van der Waals surface area contributed by atoms with E-state index in [-0.39, 0.29) is 0 Å². The Morgan fingerprint density at radius 3 is 3.07 bits per heavy atom. The lowest BCUT2D eigenvalue weighted by Gasteiger charge is -2.19. The van der Waals surface area contributed by atoms with E-state index in [1.165, 1.54) is 11.1 Å². The molecule has 14 heavy (non-hydrogen) atoms. The normalized spacial score (nSPS) is 12.6. The topological polar surface area (TPSA) is 37.8 Å². The molecule has 1 aromatic carbocycles. The van der Waals surface area contributed by atoms with Crippen molar-refractivity contribution in [2.45, 2.75) is 6.54 Å². The predicted octanol–water partition coefficient (Wildman–Crippen LogP) is 2.07. The summed E-state index contributed by atoms with van der Waals surface area (Å²) >= 11 is 0. The molecule has 1 aliphatic heterocycles. The highest BCUT2D eigenvalue weighted by atomic mass is 15.1. The summed E-state index contributed by atoms with van der Waals surface area (Å²) in [4.78, 5) is 0. The van der Waals surface area contributed by atoms with Crippen molar-refractivity contribution < 1.29 is 0 Å². The van der Waals surface area contributed by atoms with Gasteiger partial charge in [-0.05, 0) is 11.6 Å². The van der Waals surface area contributed by atoms with Gasteiger partial charge < -0.3 is 5.32 Å². The molecule has 0 spiro atoms. The first kappa shape index (κ1) is 7.50. The Balaban J connectivity index is 2.29. The van der Waals surface area contributed by atoms with Crippen molar-refractivity contribution in [2.75, 3.05) is 5.32 Å². The molecule has 0 unspecified atom stereocenters. The number of nitrogens with one attached hydrogen (secondary N) is 1. The quantitative estimate of drug-likeness (QED) is 0.679. The fourth-order valence-electron chi connectivity index (χ4n) is 1.77. The van der Waals surface area contributed by atoms with E-state index in [9.17, 15) is 0 Å². The van der Waals surface area contributed by atoms with Gasteiger partial charge in [0.05, 0.1) is 11.9 Å². The molecule has 0 bridgehead atoms. The smallest absolute Gasteiger partial charge is 0.116 e. The number of anilines is 1. The van der Waals surface area contributed by atoms with Crippen molar-refractivity contribution in [3.05, 3.63) is 42.1 Å². The third-order valence-corrected chi connectivity index (χ3v) is 2.46.